The van der Waals surface area contributed by atoms with Crippen LogP contribution >= 0.6 is 12.4 Å². The fourth-order valence-corrected chi connectivity index (χ4v) is 2.25. The second-order valence-electron chi connectivity index (χ2n) is 5.12. The maximum Gasteiger partial charge on any atom is 0.245 e. The van der Waals surface area contributed by atoms with Gasteiger partial charge in [-0.2, -0.15) is 0 Å². The molecule has 0 saturated carbocycles. The zero-order chi connectivity index (χ0) is 15.8. The van der Waals surface area contributed by atoms with Gasteiger partial charge in [0.25, 0.3) is 0 Å². The Bertz CT molecular complexity index is 589. The molecule has 0 fully saturated rings. The lowest BCUT2D eigenvalue weighted by molar-refractivity contribution is -0.124. The third-order valence-corrected chi connectivity index (χ3v) is 3.43. The first-order chi connectivity index (χ1) is 10.7. The lowest BCUT2D eigenvalue weighted by Crippen LogP contribution is -2.36. The van der Waals surface area contributed by atoms with Gasteiger partial charge in [-0.25, -0.2) is 4.68 Å². The van der Waals surface area contributed by atoms with Crippen LogP contribution in [0, 0.1) is 6.92 Å². The molecule has 1 aromatic heterocycles. The highest BCUT2D eigenvalue weighted by Crippen LogP contribution is 2.14. The molecule has 0 aliphatic rings. The monoisotopic (exact) mass is 338 g/mol. The van der Waals surface area contributed by atoms with Crippen LogP contribution in [0.1, 0.15) is 23.9 Å². The van der Waals surface area contributed by atoms with Crippen molar-refractivity contribution >= 4 is 18.3 Å². The van der Waals surface area contributed by atoms with Crippen molar-refractivity contribution in [2.45, 2.75) is 25.8 Å². The number of aromatic nitrogens is 4. The van der Waals surface area contributed by atoms with Crippen LogP contribution in [0.2, 0.25) is 0 Å². The summed E-state index contributed by atoms with van der Waals surface area (Å²) in [5.74, 6) is 0.571. The molecule has 1 atom stereocenters. The zero-order valence-electron chi connectivity index (χ0n) is 13.4. The van der Waals surface area contributed by atoms with Crippen molar-refractivity contribution in [1.29, 1.82) is 0 Å². The Balaban J connectivity index is 0.00000264. The smallest absolute Gasteiger partial charge is 0.245 e. The van der Waals surface area contributed by atoms with E-state index in [0.29, 0.717) is 18.8 Å². The van der Waals surface area contributed by atoms with Crippen molar-refractivity contribution in [3.8, 4) is 0 Å². The molecule has 7 nitrogen and oxygen atoms in total. The standard InChI is InChI=1S/C15H22N6O.ClH/c1-12-18-19-20-21(12)14(11-13-7-4-3-5-8-13)15(22)17-10-6-9-16-2;/h3-5,7-8,14,16H,6,9-11H2,1-2H3,(H,17,22);1H. The van der Waals surface area contributed by atoms with E-state index in [-0.39, 0.29) is 18.3 Å². The van der Waals surface area contributed by atoms with E-state index in [9.17, 15) is 4.79 Å². The van der Waals surface area contributed by atoms with E-state index in [1.165, 1.54) is 0 Å². The van der Waals surface area contributed by atoms with Crippen LogP contribution in [0.25, 0.3) is 0 Å². The van der Waals surface area contributed by atoms with Crippen molar-refractivity contribution in [2.24, 2.45) is 0 Å². The number of carbonyl (C=O) groups excluding carboxylic acids is 1. The van der Waals surface area contributed by atoms with Crippen molar-refractivity contribution in [3.05, 3.63) is 41.7 Å². The van der Waals surface area contributed by atoms with E-state index < -0.39 is 6.04 Å². The topological polar surface area (TPSA) is 84.7 Å². The summed E-state index contributed by atoms with van der Waals surface area (Å²) in [6, 6.07) is 9.44. The number of amides is 1. The fourth-order valence-electron chi connectivity index (χ4n) is 2.25. The Morgan fingerprint density at radius 2 is 2.00 bits per heavy atom. The number of rotatable bonds is 8. The number of tetrazole rings is 1. The number of hydrogen-bond acceptors (Lipinski definition) is 5. The SMILES string of the molecule is CNCCCNC(=O)C(Cc1ccccc1)n1nnnc1C.Cl. The number of hydrogen-bond donors (Lipinski definition) is 2. The third-order valence-electron chi connectivity index (χ3n) is 3.43. The highest BCUT2D eigenvalue weighted by atomic mass is 35.5. The van der Waals surface area contributed by atoms with Crippen LogP contribution in [0.4, 0.5) is 0 Å². The Morgan fingerprint density at radius 1 is 1.26 bits per heavy atom. The summed E-state index contributed by atoms with van der Waals surface area (Å²) >= 11 is 0. The molecule has 0 spiro atoms. The average molecular weight is 339 g/mol. The molecule has 0 saturated heterocycles. The Labute approximate surface area is 142 Å². The number of benzene rings is 1. The van der Waals surface area contributed by atoms with E-state index in [4.69, 9.17) is 0 Å². The van der Waals surface area contributed by atoms with Crippen molar-refractivity contribution in [1.82, 2.24) is 30.8 Å². The first-order valence-electron chi connectivity index (χ1n) is 7.43. The third kappa shape index (κ3) is 5.61. The van der Waals surface area contributed by atoms with Gasteiger partial charge in [-0.1, -0.05) is 30.3 Å². The van der Waals surface area contributed by atoms with E-state index >= 15 is 0 Å². The summed E-state index contributed by atoms with van der Waals surface area (Å²) in [4.78, 5) is 12.5. The Hall–Kier alpha value is -1.99. The van der Waals surface area contributed by atoms with E-state index in [2.05, 4.69) is 26.2 Å². The molecule has 8 heteroatoms. The summed E-state index contributed by atoms with van der Waals surface area (Å²) in [6.45, 7) is 3.30. The number of halogens is 1. The van der Waals surface area contributed by atoms with Gasteiger partial charge in [-0.3, -0.25) is 4.79 Å². The second-order valence-corrected chi connectivity index (χ2v) is 5.12. The summed E-state index contributed by atoms with van der Waals surface area (Å²) in [7, 11) is 1.89. The molecule has 0 aliphatic carbocycles. The van der Waals surface area contributed by atoms with Crippen LogP contribution in [0.15, 0.2) is 30.3 Å². The van der Waals surface area contributed by atoms with Gasteiger partial charge >= 0.3 is 0 Å². The molecular weight excluding hydrogens is 316 g/mol. The van der Waals surface area contributed by atoms with Gasteiger partial charge in [-0.05, 0) is 42.9 Å². The molecule has 0 bridgehead atoms. The Morgan fingerprint density at radius 3 is 2.61 bits per heavy atom. The zero-order valence-corrected chi connectivity index (χ0v) is 14.2. The Kier molecular flexibility index (Phi) is 8.21. The molecule has 2 rings (SSSR count). The van der Waals surface area contributed by atoms with Gasteiger partial charge < -0.3 is 10.6 Å². The normalized spacial score (nSPS) is 11.6. The molecule has 0 radical (unpaired) electrons. The van der Waals surface area contributed by atoms with Gasteiger partial charge in [0.2, 0.25) is 5.91 Å². The molecule has 2 aromatic rings. The molecule has 2 N–H and O–H groups in total. The van der Waals surface area contributed by atoms with Crippen molar-refractivity contribution in [3.63, 3.8) is 0 Å². The second kappa shape index (κ2) is 9.91. The number of nitrogens with zero attached hydrogens (tertiary/aromatic N) is 4. The van der Waals surface area contributed by atoms with Gasteiger partial charge in [0, 0.05) is 13.0 Å². The van der Waals surface area contributed by atoms with Crippen LogP contribution in [0.3, 0.4) is 0 Å². The minimum atomic E-state index is -0.438. The number of carbonyl (C=O) groups is 1. The first-order valence-corrected chi connectivity index (χ1v) is 7.43. The minimum absolute atomic E-state index is 0. The van der Waals surface area contributed by atoms with Crippen molar-refractivity contribution < 1.29 is 4.79 Å². The van der Waals surface area contributed by atoms with Crippen molar-refractivity contribution in [2.75, 3.05) is 20.1 Å². The van der Waals surface area contributed by atoms with E-state index in [1.807, 2.05) is 37.4 Å². The lowest BCUT2D eigenvalue weighted by Gasteiger charge is -2.17. The minimum Gasteiger partial charge on any atom is -0.354 e. The van der Waals surface area contributed by atoms with Gasteiger partial charge in [-0.15, -0.1) is 17.5 Å². The lowest BCUT2D eigenvalue weighted by atomic mass is 10.1. The van der Waals surface area contributed by atoms with Gasteiger partial charge in [0.05, 0.1) is 0 Å². The quantitative estimate of drug-likeness (QED) is 0.699. The number of nitrogens with one attached hydrogen (secondary N) is 2. The molecule has 1 unspecified atom stereocenters. The average Bonchev–Trinajstić information content (AvgIpc) is 2.96. The predicted molar refractivity (Wildman–Crippen MR) is 90.5 cm³/mol. The summed E-state index contributed by atoms with van der Waals surface area (Å²) < 4.78 is 1.58. The van der Waals surface area contributed by atoms with Crippen LogP contribution < -0.4 is 10.6 Å². The highest BCUT2D eigenvalue weighted by molar-refractivity contribution is 5.85. The molecule has 1 aromatic carbocycles. The molecular formula is C15H23ClN6O. The van der Waals surface area contributed by atoms with Gasteiger partial charge in [0.1, 0.15) is 11.9 Å². The van der Waals surface area contributed by atoms with E-state index in [1.54, 1.807) is 11.6 Å². The summed E-state index contributed by atoms with van der Waals surface area (Å²) in [6.07, 6.45) is 1.44. The molecule has 1 heterocycles. The maximum absolute atomic E-state index is 12.5. The van der Waals surface area contributed by atoms with Gasteiger partial charge in [0.15, 0.2) is 0 Å². The largest absolute Gasteiger partial charge is 0.354 e. The maximum atomic E-state index is 12.5. The van der Waals surface area contributed by atoms with Crippen LogP contribution in [0.5, 0.6) is 0 Å². The summed E-state index contributed by atoms with van der Waals surface area (Å²) in [5.41, 5.74) is 1.08. The predicted octanol–water partition coefficient (Wildman–Crippen LogP) is 0.913. The summed E-state index contributed by atoms with van der Waals surface area (Å²) in [5, 5.41) is 17.5. The first kappa shape index (κ1) is 19.1. The van der Waals surface area contributed by atoms with Crippen LogP contribution in [-0.4, -0.2) is 46.3 Å². The van der Waals surface area contributed by atoms with Crippen LogP contribution in [-0.2, 0) is 11.2 Å². The molecule has 0 aliphatic heterocycles. The highest BCUT2D eigenvalue weighted by Gasteiger charge is 2.23. The number of aryl methyl sites for hydroxylation is 1. The fraction of sp³-hybridized carbons (Fsp3) is 0.467. The molecule has 126 valence electrons. The molecule has 23 heavy (non-hydrogen) atoms. The van der Waals surface area contributed by atoms with E-state index in [0.717, 1.165) is 18.5 Å². The molecule has 1 amide bonds.